The third kappa shape index (κ3) is 2.71. The summed E-state index contributed by atoms with van der Waals surface area (Å²) >= 11 is 0. The summed E-state index contributed by atoms with van der Waals surface area (Å²) in [5.41, 5.74) is 1.71. The number of fused-ring (bicyclic) bond motifs is 1. The molecule has 1 aliphatic heterocycles. The number of aromatic hydroxyl groups is 1. The van der Waals surface area contributed by atoms with E-state index in [4.69, 9.17) is 4.74 Å². The first-order chi connectivity index (χ1) is 9.17. The lowest BCUT2D eigenvalue weighted by Crippen LogP contribution is -2.27. The van der Waals surface area contributed by atoms with Crippen molar-refractivity contribution in [3.63, 3.8) is 0 Å². The van der Waals surface area contributed by atoms with Crippen molar-refractivity contribution in [3.05, 3.63) is 60.2 Å². The maximum Gasteiger partial charge on any atom is 0.128 e. The molecule has 3 heteroatoms. The number of hydrogen-bond donors (Lipinski definition) is 2. The molecule has 1 aliphatic rings. The Bertz CT molecular complexity index is 529. The zero-order chi connectivity index (χ0) is 13.8. The molecule has 0 saturated heterocycles. The van der Waals surface area contributed by atoms with E-state index in [-0.39, 0.29) is 11.7 Å². The number of phenols is 1. The van der Waals surface area contributed by atoms with Gasteiger partial charge >= 0.3 is 0 Å². The van der Waals surface area contributed by atoms with E-state index in [1.807, 2.05) is 25.2 Å². The second-order valence-electron chi connectivity index (χ2n) is 4.47. The van der Waals surface area contributed by atoms with Crippen LogP contribution >= 0.6 is 0 Å². The van der Waals surface area contributed by atoms with Gasteiger partial charge in [0, 0.05) is 17.5 Å². The molecule has 1 aromatic rings. The zero-order valence-electron chi connectivity index (χ0n) is 10.9. The van der Waals surface area contributed by atoms with Gasteiger partial charge in [0.05, 0.1) is 12.7 Å². The molecule has 0 radical (unpaired) electrons. The van der Waals surface area contributed by atoms with Crippen LogP contribution in [0, 0.1) is 5.92 Å². The molecular formula is C16H18O3. The fourth-order valence-electron chi connectivity index (χ4n) is 2.27. The van der Waals surface area contributed by atoms with E-state index in [2.05, 4.69) is 6.58 Å². The Labute approximate surface area is 113 Å². The van der Waals surface area contributed by atoms with Crippen LogP contribution in [0.3, 0.4) is 0 Å². The molecule has 0 bridgehead atoms. The molecule has 0 fully saturated rings. The predicted octanol–water partition coefficient (Wildman–Crippen LogP) is 3.12. The molecule has 2 N–H and O–H groups in total. The van der Waals surface area contributed by atoms with Gasteiger partial charge < -0.3 is 14.9 Å². The normalized spacial score (nSPS) is 22.9. The molecule has 2 unspecified atom stereocenters. The maximum absolute atomic E-state index is 10.5. The van der Waals surface area contributed by atoms with Crippen LogP contribution in [-0.2, 0) is 0 Å². The van der Waals surface area contributed by atoms with Crippen molar-refractivity contribution in [2.75, 3.05) is 6.61 Å². The molecule has 0 spiro atoms. The number of phenolic OH excluding ortho intramolecular Hbond substituents is 1. The molecule has 1 aromatic carbocycles. The van der Waals surface area contributed by atoms with Gasteiger partial charge in [-0.2, -0.15) is 0 Å². The Morgan fingerprint density at radius 1 is 1.47 bits per heavy atom. The number of hydrogen-bond acceptors (Lipinski definition) is 3. The van der Waals surface area contributed by atoms with Crippen LogP contribution in [0.4, 0.5) is 0 Å². The molecule has 2 atom stereocenters. The minimum atomic E-state index is -0.634. The van der Waals surface area contributed by atoms with Crippen LogP contribution in [0.1, 0.15) is 18.6 Å². The fourth-order valence-corrected chi connectivity index (χ4v) is 2.27. The summed E-state index contributed by atoms with van der Waals surface area (Å²) in [5, 5.41) is 19.9. The molecule has 100 valence electrons. The summed E-state index contributed by atoms with van der Waals surface area (Å²) in [6.45, 7) is 5.96. The van der Waals surface area contributed by atoms with Crippen molar-refractivity contribution in [2.45, 2.75) is 13.0 Å². The molecule has 0 amide bonds. The van der Waals surface area contributed by atoms with E-state index >= 15 is 0 Å². The lowest BCUT2D eigenvalue weighted by Gasteiger charge is -2.31. The Morgan fingerprint density at radius 3 is 2.95 bits per heavy atom. The summed E-state index contributed by atoms with van der Waals surface area (Å²) in [6, 6.07) is 4.79. The molecule has 3 nitrogen and oxygen atoms in total. The van der Waals surface area contributed by atoms with Gasteiger partial charge in [-0.05, 0) is 24.6 Å². The van der Waals surface area contributed by atoms with Crippen molar-refractivity contribution in [2.24, 2.45) is 5.92 Å². The highest BCUT2D eigenvalue weighted by Crippen LogP contribution is 2.40. The molecule has 0 saturated carbocycles. The van der Waals surface area contributed by atoms with Gasteiger partial charge in [-0.1, -0.05) is 30.9 Å². The summed E-state index contributed by atoms with van der Waals surface area (Å²) in [7, 11) is 0. The molecule has 1 heterocycles. The SMILES string of the molecule is C=C/C=C\C(=C/C)C1COc2cc(O)ccc2C1O. The van der Waals surface area contributed by atoms with E-state index in [1.165, 1.54) is 6.07 Å². The van der Waals surface area contributed by atoms with Crippen LogP contribution in [0.5, 0.6) is 11.5 Å². The first-order valence-electron chi connectivity index (χ1n) is 6.26. The van der Waals surface area contributed by atoms with E-state index in [0.29, 0.717) is 17.9 Å². The average molecular weight is 258 g/mol. The molecule has 19 heavy (non-hydrogen) atoms. The van der Waals surface area contributed by atoms with Gasteiger partial charge in [-0.3, -0.25) is 0 Å². The molecule has 0 aliphatic carbocycles. The smallest absolute Gasteiger partial charge is 0.128 e. The summed E-state index contributed by atoms with van der Waals surface area (Å²) < 4.78 is 5.63. The minimum Gasteiger partial charge on any atom is -0.508 e. The maximum atomic E-state index is 10.5. The van der Waals surface area contributed by atoms with Crippen LogP contribution in [0.25, 0.3) is 0 Å². The van der Waals surface area contributed by atoms with Crippen molar-refractivity contribution < 1.29 is 14.9 Å². The van der Waals surface area contributed by atoms with Gasteiger partial charge in [0.25, 0.3) is 0 Å². The number of aliphatic hydroxyl groups excluding tert-OH is 1. The third-order valence-corrected chi connectivity index (χ3v) is 3.30. The average Bonchev–Trinajstić information content (AvgIpc) is 2.41. The summed E-state index contributed by atoms with van der Waals surface area (Å²) in [4.78, 5) is 0. The molecular weight excluding hydrogens is 240 g/mol. The predicted molar refractivity (Wildman–Crippen MR) is 75.1 cm³/mol. The highest BCUT2D eigenvalue weighted by Gasteiger charge is 2.31. The van der Waals surface area contributed by atoms with Gasteiger partial charge in [0.15, 0.2) is 0 Å². The van der Waals surface area contributed by atoms with E-state index in [0.717, 1.165) is 5.57 Å². The number of rotatable bonds is 3. The zero-order valence-corrected chi connectivity index (χ0v) is 10.9. The molecule has 0 aromatic heterocycles. The highest BCUT2D eigenvalue weighted by molar-refractivity contribution is 5.44. The Balaban J connectivity index is 2.30. The van der Waals surface area contributed by atoms with Crippen LogP contribution < -0.4 is 4.74 Å². The number of benzene rings is 1. The first-order valence-corrected chi connectivity index (χ1v) is 6.26. The summed E-state index contributed by atoms with van der Waals surface area (Å²) in [5.74, 6) is 0.576. The summed E-state index contributed by atoms with van der Waals surface area (Å²) in [6.07, 6.45) is 6.79. The van der Waals surface area contributed by atoms with Crippen molar-refractivity contribution in [1.29, 1.82) is 0 Å². The second-order valence-corrected chi connectivity index (χ2v) is 4.47. The monoisotopic (exact) mass is 258 g/mol. The van der Waals surface area contributed by atoms with Crippen molar-refractivity contribution in [1.82, 2.24) is 0 Å². The number of allylic oxidation sites excluding steroid dienone is 4. The second kappa shape index (κ2) is 5.76. The minimum absolute atomic E-state index is 0.113. The van der Waals surface area contributed by atoms with Crippen LogP contribution in [0.2, 0.25) is 0 Å². The third-order valence-electron chi connectivity index (χ3n) is 3.30. The fraction of sp³-hybridized carbons (Fsp3) is 0.250. The van der Waals surface area contributed by atoms with Crippen molar-refractivity contribution in [3.8, 4) is 11.5 Å². The van der Waals surface area contributed by atoms with Gasteiger partial charge in [-0.15, -0.1) is 0 Å². The lowest BCUT2D eigenvalue weighted by molar-refractivity contribution is 0.0703. The van der Waals surface area contributed by atoms with E-state index in [1.54, 1.807) is 18.2 Å². The number of aliphatic hydroxyl groups is 1. The Morgan fingerprint density at radius 2 is 2.26 bits per heavy atom. The Hall–Kier alpha value is -2.00. The van der Waals surface area contributed by atoms with E-state index < -0.39 is 6.10 Å². The van der Waals surface area contributed by atoms with Crippen molar-refractivity contribution >= 4 is 0 Å². The van der Waals surface area contributed by atoms with E-state index in [9.17, 15) is 10.2 Å². The van der Waals surface area contributed by atoms with Crippen LogP contribution in [0.15, 0.2) is 54.7 Å². The Kier molecular flexibility index (Phi) is 4.07. The lowest BCUT2D eigenvalue weighted by atomic mass is 9.86. The quantitative estimate of drug-likeness (QED) is 0.819. The van der Waals surface area contributed by atoms with Gasteiger partial charge in [0.1, 0.15) is 11.5 Å². The van der Waals surface area contributed by atoms with Gasteiger partial charge in [-0.25, -0.2) is 0 Å². The highest BCUT2D eigenvalue weighted by atomic mass is 16.5. The standard InChI is InChI=1S/C16H18O3/c1-3-5-6-11(4-2)14-10-19-15-9-12(17)7-8-13(15)16(14)18/h3-9,14,16-18H,1,10H2,2H3/b6-5-,11-4+. The first kappa shape index (κ1) is 13.4. The van der Waals surface area contributed by atoms with Gasteiger partial charge in [0.2, 0.25) is 0 Å². The number of ether oxygens (including phenoxy) is 1. The largest absolute Gasteiger partial charge is 0.508 e. The van der Waals surface area contributed by atoms with Crippen LogP contribution in [-0.4, -0.2) is 16.8 Å². The molecule has 2 rings (SSSR count). The topological polar surface area (TPSA) is 49.7 Å².